The van der Waals surface area contributed by atoms with Gasteiger partial charge in [0, 0.05) is 24.7 Å². The molecule has 0 amide bonds. The molecular formula is C12H17ClN2O2S. The van der Waals surface area contributed by atoms with E-state index >= 15 is 0 Å². The van der Waals surface area contributed by atoms with Gasteiger partial charge in [-0.05, 0) is 37.6 Å². The topological polar surface area (TPSA) is 49.4 Å². The standard InChI is InChI=1S/C12H17ClN2O2S/c1-10-11(13)4-2-5-12(10)18(16,17)15-8-3-6-14-7-9-15/h2,4-5,14H,3,6-9H2,1H3. The summed E-state index contributed by atoms with van der Waals surface area (Å²) in [6, 6.07) is 5.01. The molecule has 1 saturated heterocycles. The average Bonchev–Trinajstić information content (AvgIpc) is 2.61. The summed E-state index contributed by atoms with van der Waals surface area (Å²) in [5.74, 6) is 0. The van der Waals surface area contributed by atoms with Gasteiger partial charge < -0.3 is 5.32 Å². The fourth-order valence-electron chi connectivity index (χ4n) is 2.07. The first-order chi connectivity index (χ1) is 8.53. The molecule has 6 heteroatoms. The average molecular weight is 289 g/mol. The quantitative estimate of drug-likeness (QED) is 0.900. The zero-order valence-electron chi connectivity index (χ0n) is 10.3. The van der Waals surface area contributed by atoms with Crippen LogP contribution in [0.25, 0.3) is 0 Å². The van der Waals surface area contributed by atoms with E-state index in [0.29, 0.717) is 35.1 Å². The minimum Gasteiger partial charge on any atom is -0.315 e. The number of benzene rings is 1. The Morgan fingerprint density at radius 3 is 2.83 bits per heavy atom. The van der Waals surface area contributed by atoms with Crippen molar-refractivity contribution in [2.45, 2.75) is 18.2 Å². The third-order valence-corrected chi connectivity index (χ3v) is 5.59. The lowest BCUT2D eigenvalue weighted by molar-refractivity contribution is 0.431. The highest BCUT2D eigenvalue weighted by atomic mass is 35.5. The van der Waals surface area contributed by atoms with Crippen molar-refractivity contribution < 1.29 is 8.42 Å². The van der Waals surface area contributed by atoms with Gasteiger partial charge in [0.1, 0.15) is 0 Å². The highest BCUT2D eigenvalue weighted by molar-refractivity contribution is 7.89. The lowest BCUT2D eigenvalue weighted by atomic mass is 10.2. The Kier molecular flexibility index (Phi) is 4.27. The lowest BCUT2D eigenvalue weighted by Gasteiger charge is -2.21. The molecule has 0 bridgehead atoms. The molecule has 1 aliphatic heterocycles. The van der Waals surface area contributed by atoms with E-state index in [1.54, 1.807) is 25.1 Å². The highest BCUT2D eigenvalue weighted by Crippen LogP contribution is 2.25. The Morgan fingerprint density at radius 2 is 2.06 bits per heavy atom. The van der Waals surface area contributed by atoms with Crippen molar-refractivity contribution in [1.29, 1.82) is 0 Å². The van der Waals surface area contributed by atoms with Gasteiger partial charge in [-0.15, -0.1) is 0 Å². The first-order valence-corrected chi connectivity index (χ1v) is 7.81. The van der Waals surface area contributed by atoms with Gasteiger partial charge in [0.2, 0.25) is 10.0 Å². The second-order valence-corrected chi connectivity index (χ2v) is 6.68. The Hall–Kier alpha value is -0.620. The van der Waals surface area contributed by atoms with E-state index < -0.39 is 10.0 Å². The summed E-state index contributed by atoms with van der Waals surface area (Å²) < 4.78 is 26.6. The molecular weight excluding hydrogens is 272 g/mol. The zero-order chi connectivity index (χ0) is 13.2. The number of halogens is 1. The summed E-state index contributed by atoms with van der Waals surface area (Å²) in [6.07, 6.45) is 0.832. The van der Waals surface area contributed by atoms with E-state index in [1.165, 1.54) is 4.31 Å². The fraction of sp³-hybridized carbons (Fsp3) is 0.500. The molecule has 1 aromatic rings. The maximum Gasteiger partial charge on any atom is 0.243 e. The Balaban J connectivity index is 2.38. The predicted molar refractivity (Wildman–Crippen MR) is 72.4 cm³/mol. The van der Waals surface area contributed by atoms with E-state index in [9.17, 15) is 8.42 Å². The van der Waals surface area contributed by atoms with Gasteiger partial charge in [-0.3, -0.25) is 0 Å². The lowest BCUT2D eigenvalue weighted by Crippen LogP contribution is -2.34. The van der Waals surface area contributed by atoms with Gasteiger partial charge in [0.05, 0.1) is 4.90 Å². The number of nitrogens with zero attached hydrogens (tertiary/aromatic N) is 1. The number of nitrogens with one attached hydrogen (secondary N) is 1. The summed E-state index contributed by atoms with van der Waals surface area (Å²) >= 11 is 6.00. The van der Waals surface area contributed by atoms with E-state index in [2.05, 4.69) is 5.32 Å². The Bertz CT molecular complexity index is 523. The minimum absolute atomic E-state index is 0.317. The van der Waals surface area contributed by atoms with Gasteiger partial charge in [0.25, 0.3) is 0 Å². The summed E-state index contributed by atoms with van der Waals surface area (Å²) in [6.45, 7) is 4.36. The van der Waals surface area contributed by atoms with Crippen molar-refractivity contribution >= 4 is 21.6 Å². The molecule has 18 heavy (non-hydrogen) atoms. The molecule has 1 aliphatic rings. The number of sulfonamides is 1. The molecule has 0 spiro atoms. The second kappa shape index (κ2) is 5.57. The van der Waals surface area contributed by atoms with E-state index in [1.807, 2.05) is 0 Å². The van der Waals surface area contributed by atoms with Crippen molar-refractivity contribution in [3.05, 3.63) is 28.8 Å². The predicted octanol–water partition coefficient (Wildman–Crippen LogP) is 1.63. The van der Waals surface area contributed by atoms with E-state index in [0.717, 1.165) is 13.0 Å². The fourth-order valence-corrected chi connectivity index (χ4v) is 4.02. The highest BCUT2D eigenvalue weighted by Gasteiger charge is 2.26. The van der Waals surface area contributed by atoms with Crippen molar-refractivity contribution in [3.63, 3.8) is 0 Å². The van der Waals surface area contributed by atoms with Crippen LogP contribution in [0, 0.1) is 6.92 Å². The van der Waals surface area contributed by atoms with Crippen molar-refractivity contribution in [2.24, 2.45) is 0 Å². The molecule has 0 atom stereocenters. The van der Waals surface area contributed by atoms with Crippen LogP contribution in [0.3, 0.4) is 0 Å². The van der Waals surface area contributed by atoms with Crippen LogP contribution in [0.2, 0.25) is 5.02 Å². The molecule has 1 heterocycles. The molecule has 1 aromatic carbocycles. The van der Waals surface area contributed by atoms with Gasteiger partial charge in [0.15, 0.2) is 0 Å². The molecule has 0 aromatic heterocycles. The molecule has 4 nitrogen and oxygen atoms in total. The van der Waals surface area contributed by atoms with E-state index in [4.69, 9.17) is 11.6 Å². The summed E-state index contributed by atoms with van der Waals surface area (Å²) in [7, 11) is -3.43. The van der Waals surface area contributed by atoms with Crippen LogP contribution in [0.1, 0.15) is 12.0 Å². The van der Waals surface area contributed by atoms with Crippen LogP contribution in [0.4, 0.5) is 0 Å². The maximum atomic E-state index is 12.6. The van der Waals surface area contributed by atoms with Crippen LogP contribution < -0.4 is 5.32 Å². The van der Waals surface area contributed by atoms with Crippen LogP contribution in [0.5, 0.6) is 0 Å². The van der Waals surface area contributed by atoms with Gasteiger partial charge in [-0.2, -0.15) is 4.31 Å². The molecule has 2 rings (SSSR count). The number of hydrogen-bond donors (Lipinski definition) is 1. The molecule has 0 radical (unpaired) electrons. The molecule has 1 fully saturated rings. The normalized spacial score (nSPS) is 18.6. The summed E-state index contributed by atoms with van der Waals surface area (Å²) in [5, 5.41) is 3.68. The van der Waals surface area contributed by atoms with Crippen molar-refractivity contribution in [2.75, 3.05) is 26.2 Å². The molecule has 0 unspecified atom stereocenters. The minimum atomic E-state index is -3.43. The summed E-state index contributed by atoms with van der Waals surface area (Å²) in [4.78, 5) is 0.317. The Morgan fingerprint density at radius 1 is 1.28 bits per heavy atom. The van der Waals surface area contributed by atoms with Crippen LogP contribution in [0.15, 0.2) is 23.1 Å². The third-order valence-electron chi connectivity index (χ3n) is 3.13. The molecule has 1 N–H and O–H groups in total. The second-order valence-electron chi connectivity index (χ2n) is 4.37. The molecule has 0 saturated carbocycles. The first kappa shape index (κ1) is 13.8. The largest absolute Gasteiger partial charge is 0.315 e. The van der Waals surface area contributed by atoms with Crippen LogP contribution >= 0.6 is 11.6 Å². The Labute approximate surface area is 113 Å². The number of rotatable bonds is 2. The monoisotopic (exact) mass is 288 g/mol. The van der Waals surface area contributed by atoms with Crippen LogP contribution in [-0.2, 0) is 10.0 Å². The first-order valence-electron chi connectivity index (χ1n) is 5.99. The van der Waals surface area contributed by atoms with E-state index in [-0.39, 0.29) is 0 Å². The summed E-state index contributed by atoms with van der Waals surface area (Å²) in [5.41, 5.74) is 0.622. The smallest absolute Gasteiger partial charge is 0.243 e. The third kappa shape index (κ3) is 2.69. The number of hydrogen-bond acceptors (Lipinski definition) is 3. The van der Waals surface area contributed by atoms with Crippen LogP contribution in [-0.4, -0.2) is 38.9 Å². The van der Waals surface area contributed by atoms with Gasteiger partial charge >= 0.3 is 0 Å². The van der Waals surface area contributed by atoms with Gasteiger partial charge in [-0.25, -0.2) is 8.42 Å². The maximum absolute atomic E-state index is 12.6. The molecule has 100 valence electrons. The zero-order valence-corrected chi connectivity index (χ0v) is 11.9. The van der Waals surface area contributed by atoms with Crippen molar-refractivity contribution in [3.8, 4) is 0 Å². The molecule has 0 aliphatic carbocycles. The van der Waals surface area contributed by atoms with Gasteiger partial charge in [-0.1, -0.05) is 17.7 Å². The van der Waals surface area contributed by atoms with Crippen molar-refractivity contribution in [1.82, 2.24) is 9.62 Å². The SMILES string of the molecule is Cc1c(Cl)cccc1S(=O)(=O)N1CCCNCC1.